The molecule has 1 aliphatic carbocycles. The molecule has 0 saturated heterocycles. The summed E-state index contributed by atoms with van der Waals surface area (Å²) in [5, 5.41) is 35.9. The minimum Gasteiger partial charge on any atom is -0.480 e. The van der Waals surface area contributed by atoms with E-state index in [4.69, 9.17) is 20.4 Å². The average molecular weight is 390 g/mol. The number of aliphatic carboxylic acids is 4. The second kappa shape index (κ2) is 13.4. The second-order valence-electron chi connectivity index (χ2n) is 5.39. The molecule has 0 amide bonds. The van der Waals surface area contributed by atoms with Gasteiger partial charge in [-0.3, -0.25) is 19.2 Å². The van der Waals surface area contributed by atoms with Crippen LogP contribution in [0.15, 0.2) is 11.4 Å². The van der Waals surface area contributed by atoms with Crippen LogP contribution < -0.4 is 59.1 Å². The van der Waals surface area contributed by atoms with Crippen molar-refractivity contribution < 1.29 is 98.7 Å². The molecule has 1 aliphatic rings. The molecule has 134 valence electrons. The Hall–Kier alpha value is -0.780. The Balaban J connectivity index is 0. The van der Waals surface area contributed by atoms with Crippen molar-refractivity contribution >= 4 is 23.9 Å². The molecule has 4 N–H and O–H groups in total. The summed E-state index contributed by atoms with van der Waals surface area (Å²) in [5.41, 5.74) is 0.766. The Morgan fingerprint density at radius 3 is 1.04 bits per heavy atom. The van der Waals surface area contributed by atoms with Gasteiger partial charge >= 0.3 is 83.0 Å². The molecule has 10 nitrogen and oxygen atoms in total. The van der Waals surface area contributed by atoms with Crippen LogP contribution in [0, 0.1) is 0 Å². The number of allylic oxidation sites excluding steroid dienone is 2. The fourth-order valence-corrected chi connectivity index (χ4v) is 2.70. The number of rotatable bonds is 10. The van der Waals surface area contributed by atoms with E-state index < -0.39 is 50.1 Å². The minimum atomic E-state index is -1.23. The van der Waals surface area contributed by atoms with E-state index in [0.29, 0.717) is 37.1 Å². The largest absolute Gasteiger partial charge is 1.00 e. The molecule has 0 aliphatic heterocycles. The van der Waals surface area contributed by atoms with E-state index in [2.05, 4.69) is 0 Å². The van der Waals surface area contributed by atoms with Crippen molar-refractivity contribution in [1.29, 1.82) is 0 Å². The zero-order valence-corrected chi connectivity index (χ0v) is 19.0. The normalized spacial score (nSPS) is 13.1. The molecule has 1 rings (SSSR count). The van der Waals surface area contributed by atoms with Crippen LogP contribution in [0.4, 0.5) is 0 Å². The first-order valence-electron chi connectivity index (χ1n) is 7.29. The number of nitrogens with zero attached hydrogens (tertiary/aromatic N) is 2. The van der Waals surface area contributed by atoms with Gasteiger partial charge in [-0.1, -0.05) is 0 Å². The van der Waals surface area contributed by atoms with Crippen LogP contribution >= 0.6 is 0 Å². The Morgan fingerprint density at radius 2 is 0.846 bits per heavy atom. The summed E-state index contributed by atoms with van der Waals surface area (Å²) in [6.07, 6.45) is 2.10. The average Bonchev–Trinajstić information content (AvgIpc) is 2.44. The van der Waals surface area contributed by atoms with Crippen molar-refractivity contribution in [2.75, 3.05) is 26.2 Å². The number of carboxylic acid groups (broad SMARTS) is 4. The second-order valence-corrected chi connectivity index (χ2v) is 5.39. The molecule has 0 atom stereocenters. The van der Waals surface area contributed by atoms with Crippen molar-refractivity contribution in [3.05, 3.63) is 11.4 Å². The maximum absolute atomic E-state index is 11.0. The SMILES string of the molecule is O=C(O)CN(CC(=O)O)C1=C(N(CC(=O)O)CC(=O)O)CCCC1.[Na+].[Na+]. The molecule has 26 heavy (non-hydrogen) atoms. The van der Waals surface area contributed by atoms with Gasteiger partial charge in [0.25, 0.3) is 0 Å². The quantitative estimate of drug-likeness (QED) is 0.265. The molecule has 0 unspecified atom stereocenters. The van der Waals surface area contributed by atoms with E-state index in [9.17, 15) is 19.2 Å². The molecule has 0 aromatic carbocycles. The first kappa shape index (κ1) is 27.4. The van der Waals surface area contributed by atoms with Gasteiger partial charge in [0.05, 0.1) is 0 Å². The molecule has 0 spiro atoms. The van der Waals surface area contributed by atoms with Crippen LogP contribution in [0.1, 0.15) is 25.7 Å². The third kappa shape index (κ3) is 9.79. The van der Waals surface area contributed by atoms with Crippen molar-refractivity contribution in [1.82, 2.24) is 9.80 Å². The number of hydrogen-bond donors (Lipinski definition) is 4. The fourth-order valence-electron chi connectivity index (χ4n) is 2.70. The number of hydrogen-bond acceptors (Lipinski definition) is 6. The summed E-state index contributed by atoms with van der Waals surface area (Å²) >= 11 is 0. The van der Waals surface area contributed by atoms with Crippen LogP contribution in [0.2, 0.25) is 0 Å². The third-order valence-corrected chi connectivity index (χ3v) is 3.48. The van der Waals surface area contributed by atoms with E-state index in [1.54, 1.807) is 0 Å². The summed E-state index contributed by atoms with van der Waals surface area (Å²) in [6.45, 7) is -2.23. The van der Waals surface area contributed by atoms with Gasteiger partial charge in [-0.2, -0.15) is 0 Å². The van der Waals surface area contributed by atoms with Crippen molar-refractivity contribution in [3.63, 3.8) is 0 Å². The van der Waals surface area contributed by atoms with Gasteiger partial charge in [-0.15, -0.1) is 0 Å². The molecular weight excluding hydrogens is 370 g/mol. The zero-order valence-electron chi connectivity index (χ0n) is 15.0. The Bertz CT molecular complexity index is 487. The molecule has 0 bridgehead atoms. The van der Waals surface area contributed by atoms with Gasteiger partial charge in [0, 0.05) is 11.4 Å². The van der Waals surface area contributed by atoms with Gasteiger partial charge in [-0.25, -0.2) is 0 Å². The van der Waals surface area contributed by atoms with Gasteiger partial charge in [0.1, 0.15) is 26.2 Å². The summed E-state index contributed by atoms with van der Waals surface area (Å²) in [6, 6.07) is 0. The van der Waals surface area contributed by atoms with Crippen LogP contribution in [-0.4, -0.2) is 80.3 Å². The Kier molecular flexibility index (Phi) is 14.1. The number of carbonyl (C=O) groups is 4. The van der Waals surface area contributed by atoms with E-state index in [-0.39, 0.29) is 59.1 Å². The maximum atomic E-state index is 11.0. The molecule has 0 aromatic rings. The summed E-state index contributed by atoms with van der Waals surface area (Å²) < 4.78 is 0. The molecule has 12 heteroatoms. The van der Waals surface area contributed by atoms with Crippen molar-refractivity contribution in [3.8, 4) is 0 Å². The molecule has 0 fully saturated rings. The van der Waals surface area contributed by atoms with Crippen molar-refractivity contribution in [2.24, 2.45) is 0 Å². The van der Waals surface area contributed by atoms with E-state index in [1.807, 2.05) is 0 Å². The van der Waals surface area contributed by atoms with Crippen LogP contribution in [0.25, 0.3) is 0 Å². The predicted molar refractivity (Wildman–Crippen MR) is 79.2 cm³/mol. The van der Waals surface area contributed by atoms with E-state index in [1.165, 1.54) is 0 Å². The van der Waals surface area contributed by atoms with Crippen LogP contribution in [0.3, 0.4) is 0 Å². The molecule has 0 radical (unpaired) electrons. The van der Waals surface area contributed by atoms with Crippen molar-refractivity contribution in [2.45, 2.75) is 25.7 Å². The molecule has 0 saturated carbocycles. The summed E-state index contributed by atoms with van der Waals surface area (Å²) in [4.78, 5) is 46.3. The van der Waals surface area contributed by atoms with Gasteiger partial charge in [-0.05, 0) is 25.7 Å². The number of carboxylic acids is 4. The molecule has 0 heterocycles. The van der Waals surface area contributed by atoms with E-state index >= 15 is 0 Å². The van der Waals surface area contributed by atoms with Gasteiger partial charge in [0.2, 0.25) is 0 Å². The first-order valence-corrected chi connectivity index (χ1v) is 7.29. The van der Waals surface area contributed by atoms with Gasteiger partial charge < -0.3 is 30.2 Å². The zero-order chi connectivity index (χ0) is 18.3. The van der Waals surface area contributed by atoms with Gasteiger partial charge in [0.15, 0.2) is 0 Å². The first-order chi connectivity index (χ1) is 11.2. The monoisotopic (exact) mass is 390 g/mol. The Morgan fingerprint density at radius 1 is 0.615 bits per heavy atom. The minimum absolute atomic E-state index is 0. The van der Waals surface area contributed by atoms with E-state index in [0.717, 1.165) is 9.80 Å². The van der Waals surface area contributed by atoms with Crippen LogP contribution in [-0.2, 0) is 19.2 Å². The molecule has 0 aromatic heterocycles. The van der Waals surface area contributed by atoms with Crippen LogP contribution in [0.5, 0.6) is 0 Å². The fraction of sp³-hybridized carbons (Fsp3) is 0.571. The molecular formula is C14H20N2Na2O8+2. The topological polar surface area (TPSA) is 156 Å². The summed E-state index contributed by atoms with van der Waals surface area (Å²) in [7, 11) is 0. The standard InChI is InChI=1S/C14H20N2O8.2Na/c17-11(18)5-15(6-12(19)20)9-3-1-2-4-10(9)16(7-13(21)22)8-14(23)24;;/h1-8H2,(H,17,18)(H,19,20)(H,21,22)(H,23,24);;/q;2*+1. The third-order valence-electron chi connectivity index (χ3n) is 3.48. The Labute approximate surface area is 194 Å². The smallest absolute Gasteiger partial charge is 0.480 e. The maximum Gasteiger partial charge on any atom is 1.00 e. The predicted octanol–water partition coefficient (Wildman–Crippen LogP) is -6.28. The summed E-state index contributed by atoms with van der Waals surface area (Å²) in [5.74, 6) is -4.90.